The van der Waals surface area contributed by atoms with Crippen molar-refractivity contribution < 1.29 is 0 Å². The molecule has 5 heteroatoms. The van der Waals surface area contributed by atoms with Crippen molar-refractivity contribution in [3.63, 3.8) is 0 Å². The van der Waals surface area contributed by atoms with Crippen molar-refractivity contribution >= 4 is 66.0 Å². The number of hydrogen-bond acceptors (Lipinski definition) is 3. The molecule has 0 saturated carbocycles. The van der Waals surface area contributed by atoms with Gasteiger partial charge in [0.15, 0.2) is 0 Å². The normalized spacial score (nSPS) is 15.9. The van der Waals surface area contributed by atoms with Crippen LogP contribution in [0.3, 0.4) is 0 Å². The van der Waals surface area contributed by atoms with Gasteiger partial charge in [0.25, 0.3) is 0 Å². The summed E-state index contributed by atoms with van der Waals surface area (Å²) in [5.41, 5.74) is 2.17. The molecule has 0 saturated heterocycles. The van der Waals surface area contributed by atoms with Crippen molar-refractivity contribution in [1.82, 2.24) is 0 Å². The van der Waals surface area contributed by atoms with Crippen LogP contribution in [0.1, 0.15) is 5.56 Å². The summed E-state index contributed by atoms with van der Waals surface area (Å²) < 4.78 is 1.01. The second-order valence-electron chi connectivity index (χ2n) is 4.03. The molecular formula is C15H9BrClNS2. The Hall–Kier alpha value is -0.680. The molecule has 0 radical (unpaired) electrons. The molecule has 0 aliphatic carbocycles. The van der Waals surface area contributed by atoms with E-state index in [1.807, 2.05) is 47.4 Å². The summed E-state index contributed by atoms with van der Waals surface area (Å²) in [4.78, 5) is 8.97. The number of fused-ring (bicyclic) bond motifs is 1. The maximum Gasteiger partial charge on any atom is 0.140 e. The van der Waals surface area contributed by atoms with Gasteiger partial charge >= 0.3 is 0 Å². The number of hydrogen-bond donors (Lipinski definition) is 0. The van der Waals surface area contributed by atoms with E-state index in [2.05, 4.69) is 22.0 Å². The molecule has 0 spiro atoms. The Morgan fingerprint density at radius 1 is 1.10 bits per heavy atom. The smallest absolute Gasteiger partial charge is 0.140 e. The lowest BCUT2D eigenvalue weighted by Crippen LogP contribution is -1.94. The zero-order valence-electron chi connectivity index (χ0n) is 10.2. The summed E-state index contributed by atoms with van der Waals surface area (Å²) in [6, 6.07) is 16.0. The Labute approximate surface area is 139 Å². The zero-order chi connectivity index (χ0) is 13.9. The second-order valence-corrected chi connectivity index (χ2v) is 7.27. The van der Waals surface area contributed by atoms with Crippen LogP contribution in [0, 0.1) is 0 Å². The van der Waals surface area contributed by atoms with E-state index in [9.17, 15) is 0 Å². The monoisotopic (exact) mass is 381 g/mol. The highest BCUT2D eigenvalue weighted by Crippen LogP contribution is 2.44. The first-order valence-corrected chi connectivity index (χ1v) is 8.78. The van der Waals surface area contributed by atoms with Gasteiger partial charge < -0.3 is 0 Å². The molecule has 0 amide bonds. The summed E-state index contributed by atoms with van der Waals surface area (Å²) in [6.45, 7) is 0. The van der Waals surface area contributed by atoms with Gasteiger partial charge in [0.1, 0.15) is 4.38 Å². The Balaban J connectivity index is 1.92. The average Bonchev–Trinajstić information content (AvgIpc) is 2.49. The Morgan fingerprint density at radius 3 is 2.60 bits per heavy atom. The molecule has 1 aliphatic heterocycles. The molecule has 1 heterocycles. The molecule has 0 unspecified atom stereocenters. The van der Waals surface area contributed by atoms with Gasteiger partial charge in [0.05, 0.1) is 5.69 Å². The van der Waals surface area contributed by atoms with Gasteiger partial charge in [-0.2, -0.15) is 0 Å². The second kappa shape index (κ2) is 6.39. The third-order valence-corrected chi connectivity index (χ3v) is 5.81. The van der Waals surface area contributed by atoms with Gasteiger partial charge in [-0.15, -0.1) is 0 Å². The molecule has 0 bridgehead atoms. The minimum Gasteiger partial charge on any atom is -0.234 e. The maximum atomic E-state index is 5.91. The number of aliphatic imine (C=N–C) groups is 1. The van der Waals surface area contributed by atoms with E-state index >= 15 is 0 Å². The Bertz CT molecular complexity index is 695. The molecule has 0 N–H and O–H groups in total. The first-order chi connectivity index (χ1) is 9.76. The molecule has 3 rings (SSSR count). The van der Waals surface area contributed by atoms with Crippen molar-refractivity contribution in [2.45, 2.75) is 4.90 Å². The number of nitrogens with zero attached hydrogens (tertiary/aromatic N) is 1. The van der Waals surface area contributed by atoms with E-state index in [-0.39, 0.29) is 0 Å². The molecule has 1 nitrogen and oxygen atoms in total. The van der Waals surface area contributed by atoms with E-state index < -0.39 is 0 Å². The van der Waals surface area contributed by atoms with Gasteiger partial charge in [0, 0.05) is 20.4 Å². The SMILES string of the molecule is Clc1ccc(SC2=Nc3ccccc3/C(=C/Br)S2)cc1. The lowest BCUT2D eigenvalue weighted by atomic mass is 10.2. The minimum absolute atomic E-state index is 0.749. The molecule has 100 valence electrons. The number of para-hydroxylation sites is 1. The van der Waals surface area contributed by atoms with Crippen LogP contribution >= 0.6 is 51.1 Å². The fourth-order valence-electron chi connectivity index (χ4n) is 1.78. The summed E-state index contributed by atoms with van der Waals surface area (Å²) in [5.74, 6) is 0. The summed E-state index contributed by atoms with van der Waals surface area (Å²) >= 11 is 12.7. The highest BCUT2D eigenvalue weighted by atomic mass is 79.9. The van der Waals surface area contributed by atoms with Crippen molar-refractivity contribution in [1.29, 1.82) is 0 Å². The molecule has 0 aromatic heterocycles. The number of benzene rings is 2. The van der Waals surface area contributed by atoms with Gasteiger partial charge in [-0.05, 0) is 35.3 Å². The van der Waals surface area contributed by atoms with Crippen LogP contribution < -0.4 is 0 Å². The van der Waals surface area contributed by atoms with E-state index in [4.69, 9.17) is 16.6 Å². The van der Waals surface area contributed by atoms with Crippen molar-refractivity contribution in [3.05, 3.63) is 64.1 Å². The fraction of sp³-hybridized carbons (Fsp3) is 0. The maximum absolute atomic E-state index is 5.91. The molecule has 2 aromatic carbocycles. The summed E-state index contributed by atoms with van der Waals surface area (Å²) in [5, 5.41) is 0.749. The third-order valence-electron chi connectivity index (χ3n) is 2.70. The van der Waals surface area contributed by atoms with E-state index in [1.165, 1.54) is 4.91 Å². The minimum atomic E-state index is 0.749. The molecule has 20 heavy (non-hydrogen) atoms. The van der Waals surface area contributed by atoms with Crippen LogP contribution in [-0.4, -0.2) is 4.38 Å². The molecule has 1 aliphatic rings. The highest BCUT2D eigenvalue weighted by Gasteiger charge is 2.17. The fourth-order valence-corrected chi connectivity index (χ4v) is 4.43. The number of rotatable bonds is 1. The quantitative estimate of drug-likeness (QED) is 0.553. The van der Waals surface area contributed by atoms with Crippen LogP contribution in [0.4, 0.5) is 5.69 Å². The topological polar surface area (TPSA) is 12.4 Å². The Kier molecular flexibility index (Phi) is 4.56. The summed E-state index contributed by atoms with van der Waals surface area (Å²) in [6.07, 6.45) is 0. The highest BCUT2D eigenvalue weighted by molar-refractivity contribution is 9.11. The van der Waals surface area contributed by atoms with Crippen LogP contribution in [0.25, 0.3) is 4.91 Å². The molecule has 0 fully saturated rings. The average molecular weight is 383 g/mol. The van der Waals surface area contributed by atoms with E-state index in [0.717, 1.165) is 25.5 Å². The van der Waals surface area contributed by atoms with Gasteiger partial charge in [-0.25, -0.2) is 4.99 Å². The van der Waals surface area contributed by atoms with Crippen molar-refractivity contribution in [2.24, 2.45) is 4.99 Å². The predicted molar refractivity (Wildman–Crippen MR) is 95.3 cm³/mol. The van der Waals surface area contributed by atoms with Gasteiger partial charge in [-0.1, -0.05) is 69.3 Å². The first-order valence-electron chi connectivity index (χ1n) is 5.86. The zero-order valence-corrected chi connectivity index (χ0v) is 14.2. The standard InChI is InChI=1S/C15H9BrClNS2/c16-9-14-12-3-1-2-4-13(12)18-15(20-14)19-11-7-5-10(17)6-8-11/h1-9H/b14-9-. The summed E-state index contributed by atoms with van der Waals surface area (Å²) in [7, 11) is 0. The first kappa shape index (κ1) is 14.3. The Morgan fingerprint density at radius 2 is 1.85 bits per heavy atom. The van der Waals surface area contributed by atoms with Crippen LogP contribution in [-0.2, 0) is 0 Å². The van der Waals surface area contributed by atoms with E-state index in [1.54, 1.807) is 23.5 Å². The van der Waals surface area contributed by atoms with Crippen molar-refractivity contribution in [2.75, 3.05) is 0 Å². The lowest BCUT2D eigenvalue weighted by Gasteiger charge is -2.16. The van der Waals surface area contributed by atoms with Crippen molar-refractivity contribution in [3.8, 4) is 0 Å². The van der Waals surface area contributed by atoms with Crippen LogP contribution in [0.15, 0.2) is 63.4 Å². The number of thioether (sulfide) groups is 2. The van der Waals surface area contributed by atoms with Crippen LogP contribution in [0.5, 0.6) is 0 Å². The largest absolute Gasteiger partial charge is 0.234 e. The van der Waals surface area contributed by atoms with Gasteiger partial charge in [-0.3, -0.25) is 0 Å². The molecular weight excluding hydrogens is 374 g/mol. The van der Waals surface area contributed by atoms with Gasteiger partial charge in [0.2, 0.25) is 0 Å². The molecule has 2 aromatic rings. The van der Waals surface area contributed by atoms with Crippen LogP contribution in [0.2, 0.25) is 5.02 Å². The third kappa shape index (κ3) is 3.14. The lowest BCUT2D eigenvalue weighted by molar-refractivity contribution is 1.47. The number of halogens is 2. The predicted octanol–water partition coefficient (Wildman–Crippen LogP) is 6.56. The van der Waals surface area contributed by atoms with E-state index in [0.29, 0.717) is 0 Å². The molecule has 0 atom stereocenters.